The molecule has 1 aliphatic rings. The van der Waals surface area contributed by atoms with Crippen molar-refractivity contribution in [3.63, 3.8) is 0 Å². The molecule has 1 heterocycles. The van der Waals surface area contributed by atoms with Crippen molar-refractivity contribution in [1.82, 2.24) is 10.2 Å². The van der Waals surface area contributed by atoms with Crippen molar-refractivity contribution >= 4 is 49.6 Å². The first-order chi connectivity index (χ1) is 8.90. The van der Waals surface area contributed by atoms with Crippen LogP contribution in [0.5, 0.6) is 0 Å². The van der Waals surface area contributed by atoms with Crippen molar-refractivity contribution < 1.29 is 14.4 Å². The highest BCUT2D eigenvalue weighted by Crippen LogP contribution is 2.24. The van der Waals surface area contributed by atoms with Crippen LogP contribution >= 0.6 is 31.9 Å². The molecule has 1 fully saturated rings. The normalized spacial score (nSPS) is 19.3. The van der Waals surface area contributed by atoms with E-state index in [2.05, 4.69) is 37.2 Å². The summed E-state index contributed by atoms with van der Waals surface area (Å²) in [5.74, 6) is -1.28. The van der Waals surface area contributed by atoms with Crippen LogP contribution in [0, 0.1) is 0 Å². The summed E-state index contributed by atoms with van der Waals surface area (Å²) in [6.07, 6.45) is 0. The number of halogens is 2. The second kappa shape index (κ2) is 5.42. The number of nitrogens with zero attached hydrogens (tertiary/aromatic N) is 1. The third kappa shape index (κ3) is 2.87. The van der Waals surface area contributed by atoms with Gasteiger partial charge in [-0.3, -0.25) is 19.7 Å². The van der Waals surface area contributed by atoms with Crippen LogP contribution < -0.4 is 5.32 Å². The molecule has 0 spiro atoms. The zero-order valence-electron chi connectivity index (χ0n) is 9.94. The molecule has 1 aromatic carbocycles. The largest absolute Gasteiger partial charge is 0.318 e. The number of rotatable bonds is 1. The number of hydrogen-bond donors (Lipinski definition) is 1. The molecule has 0 saturated carbocycles. The van der Waals surface area contributed by atoms with Crippen molar-refractivity contribution in [1.29, 1.82) is 0 Å². The molecule has 1 aliphatic heterocycles. The molecule has 1 aromatic rings. The van der Waals surface area contributed by atoms with Crippen molar-refractivity contribution in [2.75, 3.05) is 6.54 Å². The molecule has 5 nitrogen and oxygen atoms in total. The Morgan fingerprint density at radius 1 is 1.37 bits per heavy atom. The van der Waals surface area contributed by atoms with Gasteiger partial charge in [0.2, 0.25) is 11.8 Å². The lowest BCUT2D eigenvalue weighted by molar-refractivity contribution is -0.138. The van der Waals surface area contributed by atoms with E-state index in [4.69, 9.17) is 0 Å². The second-order valence-electron chi connectivity index (χ2n) is 4.15. The van der Waals surface area contributed by atoms with Crippen LogP contribution in [0.2, 0.25) is 0 Å². The number of carbonyl (C=O) groups excluding carboxylic acids is 3. The summed E-state index contributed by atoms with van der Waals surface area (Å²) in [5.41, 5.74) is 0.414. The molecule has 19 heavy (non-hydrogen) atoms. The summed E-state index contributed by atoms with van der Waals surface area (Å²) in [6.45, 7) is 1.47. The molecular formula is C12H10Br2N2O3. The van der Waals surface area contributed by atoms with Crippen LogP contribution in [0.3, 0.4) is 0 Å². The molecule has 0 radical (unpaired) electrons. The summed E-state index contributed by atoms with van der Waals surface area (Å²) in [6, 6.07) is 4.44. The monoisotopic (exact) mass is 388 g/mol. The Morgan fingerprint density at radius 2 is 2.05 bits per heavy atom. The number of imide groups is 1. The summed E-state index contributed by atoms with van der Waals surface area (Å²) in [4.78, 5) is 36.5. The van der Waals surface area contributed by atoms with Crippen molar-refractivity contribution in [3.05, 3.63) is 32.7 Å². The highest BCUT2D eigenvalue weighted by molar-refractivity contribution is 9.11. The Morgan fingerprint density at radius 3 is 2.68 bits per heavy atom. The van der Waals surface area contributed by atoms with E-state index in [9.17, 15) is 14.4 Å². The summed E-state index contributed by atoms with van der Waals surface area (Å²) in [5, 5.41) is 2.20. The van der Waals surface area contributed by atoms with Crippen molar-refractivity contribution in [2.45, 2.75) is 13.0 Å². The van der Waals surface area contributed by atoms with Crippen LogP contribution in [0.1, 0.15) is 17.3 Å². The Kier molecular flexibility index (Phi) is 4.05. The third-order valence-electron chi connectivity index (χ3n) is 2.85. The number of amides is 3. The molecule has 1 unspecified atom stereocenters. The maximum absolute atomic E-state index is 12.4. The van der Waals surface area contributed by atoms with Gasteiger partial charge in [-0.1, -0.05) is 15.9 Å². The maximum atomic E-state index is 12.4. The van der Waals surface area contributed by atoms with E-state index in [1.807, 2.05) is 0 Å². The first-order valence-electron chi connectivity index (χ1n) is 5.50. The fourth-order valence-corrected chi connectivity index (χ4v) is 3.00. The fraction of sp³-hybridized carbons (Fsp3) is 0.250. The number of piperazine rings is 1. The van der Waals surface area contributed by atoms with E-state index < -0.39 is 17.9 Å². The number of nitrogens with one attached hydrogen (secondary N) is 1. The van der Waals surface area contributed by atoms with Crippen molar-refractivity contribution in [3.8, 4) is 0 Å². The van der Waals surface area contributed by atoms with E-state index in [1.54, 1.807) is 25.1 Å². The van der Waals surface area contributed by atoms with E-state index in [0.29, 0.717) is 10.0 Å². The average Bonchev–Trinajstić information content (AvgIpc) is 2.33. The molecule has 2 rings (SSSR count). The summed E-state index contributed by atoms with van der Waals surface area (Å²) >= 11 is 6.60. The van der Waals surface area contributed by atoms with E-state index in [1.165, 1.54) is 4.90 Å². The Labute approximate surface area is 126 Å². The molecule has 0 aliphatic carbocycles. The third-order valence-corrected chi connectivity index (χ3v) is 4.00. The molecule has 1 saturated heterocycles. The van der Waals surface area contributed by atoms with Gasteiger partial charge in [-0.05, 0) is 41.1 Å². The van der Waals surface area contributed by atoms with Crippen LogP contribution in [0.25, 0.3) is 0 Å². The highest BCUT2D eigenvalue weighted by atomic mass is 79.9. The van der Waals surface area contributed by atoms with Gasteiger partial charge >= 0.3 is 0 Å². The van der Waals surface area contributed by atoms with Gasteiger partial charge in [0.15, 0.2) is 0 Å². The van der Waals surface area contributed by atoms with E-state index in [-0.39, 0.29) is 12.5 Å². The van der Waals surface area contributed by atoms with E-state index in [0.717, 1.165) is 4.47 Å². The Hall–Kier alpha value is -1.21. The Bertz CT molecular complexity index is 574. The minimum Gasteiger partial charge on any atom is -0.318 e. The topological polar surface area (TPSA) is 66.5 Å². The maximum Gasteiger partial charge on any atom is 0.256 e. The smallest absolute Gasteiger partial charge is 0.256 e. The first kappa shape index (κ1) is 14.2. The standard InChI is InChI=1S/C12H10Br2N2O3/c1-6-11(18)15-10(17)5-16(6)12(19)8-3-2-7(13)4-9(8)14/h2-4,6H,5H2,1H3,(H,15,17,18). The van der Waals surface area contributed by atoms with Gasteiger partial charge < -0.3 is 4.90 Å². The van der Waals surface area contributed by atoms with Crippen LogP contribution in [0.4, 0.5) is 0 Å². The minimum atomic E-state index is -0.666. The van der Waals surface area contributed by atoms with Crippen molar-refractivity contribution in [2.24, 2.45) is 0 Å². The lowest BCUT2D eigenvalue weighted by atomic mass is 10.1. The molecule has 1 atom stereocenters. The summed E-state index contributed by atoms with van der Waals surface area (Å²) in [7, 11) is 0. The van der Waals surface area contributed by atoms with Gasteiger partial charge in [0.1, 0.15) is 12.6 Å². The SMILES string of the molecule is CC1C(=O)NC(=O)CN1C(=O)c1ccc(Br)cc1Br. The molecule has 100 valence electrons. The summed E-state index contributed by atoms with van der Waals surface area (Å²) < 4.78 is 1.44. The first-order valence-corrected chi connectivity index (χ1v) is 7.08. The minimum absolute atomic E-state index is 0.117. The second-order valence-corrected chi connectivity index (χ2v) is 5.92. The lowest BCUT2D eigenvalue weighted by Gasteiger charge is -2.31. The molecule has 0 aromatic heterocycles. The van der Waals surface area contributed by atoms with Crippen LogP contribution in [-0.4, -0.2) is 35.2 Å². The predicted octanol–water partition coefficient (Wildman–Crippen LogP) is 1.70. The highest BCUT2D eigenvalue weighted by Gasteiger charge is 2.34. The van der Waals surface area contributed by atoms with Gasteiger partial charge in [-0.2, -0.15) is 0 Å². The quantitative estimate of drug-likeness (QED) is 0.743. The zero-order valence-corrected chi connectivity index (χ0v) is 13.1. The molecule has 3 amide bonds. The Balaban J connectivity index is 2.32. The van der Waals surface area contributed by atoms with Crippen LogP contribution in [-0.2, 0) is 9.59 Å². The van der Waals surface area contributed by atoms with Gasteiger partial charge in [-0.15, -0.1) is 0 Å². The van der Waals surface area contributed by atoms with Gasteiger partial charge in [-0.25, -0.2) is 0 Å². The van der Waals surface area contributed by atoms with Gasteiger partial charge in [0.25, 0.3) is 5.91 Å². The average molecular weight is 390 g/mol. The van der Waals surface area contributed by atoms with Crippen LogP contribution in [0.15, 0.2) is 27.1 Å². The van der Waals surface area contributed by atoms with E-state index >= 15 is 0 Å². The van der Waals surface area contributed by atoms with Gasteiger partial charge in [0.05, 0.1) is 5.56 Å². The molecular weight excluding hydrogens is 380 g/mol. The predicted molar refractivity (Wildman–Crippen MR) is 75.5 cm³/mol. The number of carbonyl (C=O) groups is 3. The molecule has 7 heteroatoms. The zero-order chi connectivity index (χ0) is 14.2. The number of hydrogen-bond acceptors (Lipinski definition) is 3. The molecule has 1 N–H and O–H groups in total. The fourth-order valence-electron chi connectivity index (χ4n) is 1.78. The molecule has 0 bridgehead atoms. The number of benzene rings is 1. The van der Waals surface area contributed by atoms with Gasteiger partial charge in [0, 0.05) is 8.95 Å². The lowest BCUT2D eigenvalue weighted by Crippen LogP contribution is -2.58.